The van der Waals surface area contributed by atoms with Crippen LogP contribution in [0.2, 0.25) is 0 Å². The lowest BCUT2D eigenvalue weighted by atomic mass is 9.45. The lowest BCUT2D eigenvalue weighted by Crippen LogP contribution is -2.52. The molecule has 5 heteroatoms. The quantitative estimate of drug-likeness (QED) is 0.393. The lowest BCUT2D eigenvalue weighted by molar-refractivity contribution is -0.111. The van der Waals surface area contributed by atoms with Crippen molar-refractivity contribution >= 4 is 10.4 Å². The largest absolute Gasteiger partial charge is 0.397 e. The highest BCUT2D eigenvalue weighted by Gasteiger charge is 2.59. The van der Waals surface area contributed by atoms with E-state index in [9.17, 15) is 8.42 Å². The summed E-state index contributed by atoms with van der Waals surface area (Å²) in [6.45, 7) is 9.28. The zero-order valence-electron chi connectivity index (χ0n) is 19.2. The van der Waals surface area contributed by atoms with E-state index in [-0.39, 0.29) is 6.61 Å². The maximum atomic E-state index is 10.8. The Bertz CT molecular complexity index is 647. The summed E-state index contributed by atoms with van der Waals surface area (Å²) in [5.74, 6) is 4.39. The second-order valence-electron chi connectivity index (χ2n) is 10.6. The topological polar surface area (TPSA) is 63.6 Å². The van der Waals surface area contributed by atoms with Crippen LogP contribution in [-0.2, 0) is 14.6 Å². The van der Waals surface area contributed by atoms with Gasteiger partial charge in [-0.15, -0.1) is 0 Å². The molecule has 0 radical (unpaired) electrons. The molecule has 4 nitrogen and oxygen atoms in total. The first-order chi connectivity index (χ1) is 13.7. The van der Waals surface area contributed by atoms with Gasteiger partial charge in [-0.25, -0.2) is 4.18 Å². The molecule has 4 rings (SSSR count). The third-order valence-corrected chi connectivity index (χ3v) is 10.2. The molecule has 0 aliphatic heterocycles. The molecule has 4 aliphatic carbocycles. The smallest absolute Gasteiger partial charge is 0.264 e. The molecule has 0 heterocycles. The monoisotopic (exact) mass is 428 g/mol. The fraction of sp³-hybridized carbons (Fsp3) is 1.00. The molecule has 0 aromatic heterocycles. The summed E-state index contributed by atoms with van der Waals surface area (Å²) in [5, 5.41) is 0. The maximum absolute atomic E-state index is 10.8. The molecule has 0 aromatic carbocycles. The van der Waals surface area contributed by atoms with Crippen LogP contribution < -0.4 is 0 Å². The Balaban J connectivity index is 0.00000117. The predicted molar refractivity (Wildman–Crippen MR) is 118 cm³/mol. The van der Waals surface area contributed by atoms with E-state index in [1.807, 2.05) is 13.8 Å². The van der Waals surface area contributed by atoms with Crippen molar-refractivity contribution in [2.45, 2.75) is 105 Å². The zero-order chi connectivity index (χ0) is 21.3. The van der Waals surface area contributed by atoms with Crippen LogP contribution in [0.25, 0.3) is 0 Å². The van der Waals surface area contributed by atoms with Crippen molar-refractivity contribution in [2.75, 3.05) is 6.61 Å². The van der Waals surface area contributed by atoms with E-state index >= 15 is 0 Å². The summed E-state index contributed by atoms with van der Waals surface area (Å²) in [6.07, 6.45) is 15.9. The summed E-state index contributed by atoms with van der Waals surface area (Å²) in [6, 6.07) is 0. The van der Waals surface area contributed by atoms with Gasteiger partial charge in [-0.3, -0.25) is 4.55 Å². The highest BCUT2D eigenvalue weighted by molar-refractivity contribution is 7.80. The Kier molecular flexibility index (Phi) is 7.43. The molecule has 0 bridgehead atoms. The molecule has 4 aliphatic rings. The zero-order valence-corrected chi connectivity index (χ0v) is 20.0. The number of hydrogen-bond donors (Lipinski definition) is 1. The summed E-state index contributed by atoms with van der Waals surface area (Å²) in [4.78, 5) is 0. The number of fused-ring (bicyclic) bond motifs is 5. The Labute approximate surface area is 179 Å². The van der Waals surface area contributed by atoms with Gasteiger partial charge in [-0.1, -0.05) is 40.5 Å². The molecule has 4 saturated carbocycles. The van der Waals surface area contributed by atoms with Gasteiger partial charge in [-0.2, -0.15) is 8.42 Å². The molecule has 0 spiro atoms. The average Bonchev–Trinajstić information content (AvgIpc) is 3.02. The molecule has 29 heavy (non-hydrogen) atoms. The van der Waals surface area contributed by atoms with Crippen LogP contribution in [0.3, 0.4) is 0 Å². The highest BCUT2D eigenvalue weighted by Crippen LogP contribution is 2.67. The van der Waals surface area contributed by atoms with Gasteiger partial charge in [0.2, 0.25) is 0 Å². The van der Waals surface area contributed by atoms with Gasteiger partial charge >= 0.3 is 10.4 Å². The standard InChI is InChI=1S/C22H38O4S.C2H6/c1-21-13-4-3-6-16(21)8-10-18-19-11-9-17(7-5-15-26-27(23,24)25)22(19,2)14-12-20(18)21;1-2/h16-20H,3-15H2,1-2H3,(H,23,24,25);1-2H3. The molecular formula is C24H44O4S. The SMILES string of the molecule is CC.CC12CCCCC1CCC1C2CCC2(C)C(CCCOS(=O)(=O)O)CCC12. The number of hydrogen-bond acceptors (Lipinski definition) is 3. The van der Waals surface area contributed by atoms with E-state index in [1.165, 1.54) is 64.2 Å². The fourth-order valence-corrected chi connectivity index (χ4v) is 8.70. The molecule has 0 saturated heterocycles. The molecule has 1 N–H and O–H groups in total. The van der Waals surface area contributed by atoms with Gasteiger partial charge in [0.1, 0.15) is 0 Å². The van der Waals surface area contributed by atoms with Gasteiger partial charge in [0.05, 0.1) is 6.61 Å². The average molecular weight is 429 g/mol. The van der Waals surface area contributed by atoms with Crippen LogP contribution in [-0.4, -0.2) is 19.6 Å². The maximum Gasteiger partial charge on any atom is 0.397 e. The van der Waals surface area contributed by atoms with Gasteiger partial charge < -0.3 is 0 Å². The van der Waals surface area contributed by atoms with Crippen molar-refractivity contribution in [3.8, 4) is 0 Å². The van der Waals surface area contributed by atoms with Crippen LogP contribution >= 0.6 is 0 Å². The normalized spacial score (nSPS) is 44.1. The molecule has 170 valence electrons. The first-order valence-electron chi connectivity index (χ1n) is 12.4. The fourth-order valence-electron chi connectivity index (χ4n) is 8.37. The Morgan fingerprint density at radius 1 is 0.897 bits per heavy atom. The Morgan fingerprint density at radius 3 is 2.34 bits per heavy atom. The minimum atomic E-state index is -4.29. The first kappa shape index (κ1) is 23.5. The van der Waals surface area contributed by atoms with Crippen molar-refractivity contribution in [1.29, 1.82) is 0 Å². The van der Waals surface area contributed by atoms with Crippen LogP contribution in [0.15, 0.2) is 0 Å². The molecule has 7 atom stereocenters. The Morgan fingerprint density at radius 2 is 1.62 bits per heavy atom. The van der Waals surface area contributed by atoms with Crippen molar-refractivity contribution in [3.63, 3.8) is 0 Å². The molecule has 0 aromatic rings. The van der Waals surface area contributed by atoms with Crippen LogP contribution in [0.4, 0.5) is 0 Å². The third kappa shape index (κ3) is 4.57. The van der Waals surface area contributed by atoms with Crippen LogP contribution in [0, 0.1) is 40.4 Å². The van der Waals surface area contributed by atoms with E-state index in [1.54, 1.807) is 0 Å². The second-order valence-corrected chi connectivity index (χ2v) is 11.7. The van der Waals surface area contributed by atoms with E-state index in [2.05, 4.69) is 18.0 Å². The molecule has 4 fully saturated rings. The lowest BCUT2D eigenvalue weighted by Gasteiger charge is -2.60. The van der Waals surface area contributed by atoms with Crippen LogP contribution in [0.1, 0.15) is 105 Å². The van der Waals surface area contributed by atoms with Crippen LogP contribution in [0.5, 0.6) is 0 Å². The van der Waals surface area contributed by atoms with Gasteiger partial charge in [0.25, 0.3) is 0 Å². The first-order valence-corrected chi connectivity index (χ1v) is 13.7. The van der Waals surface area contributed by atoms with E-state index < -0.39 is 10.4 Å². The van der Waals surface area contributed by atoms with Crippen molar-refractivity contribution in [1.82, 2.24) is 0 Å². The Hall–Kier alpha value is -0.130. The predicted octanol–water partition coefficient (Wildman–Crippen LogP) is 6.66. The molecular weight excluding hydrogens is 384 g/mol. The van der Waals surface area contributed by atoms with Crippen molar-refractivity contribution < 1.29 is 17.2 Å². The minimum absolute atomic E-state index is 0.113. The highest BCUT2D eigenvalue weighted by atomic mass is 32.3. The second kappa shape index (κ2) is 9.16. The summed E-state index contributed by atoms with van der Waals surface area (Å²) < 4.78 is 34.8. The summed E-state index contributed by atoms with van der Waals surface area (Å²) >= 11 is 0. The van der Waals surface area contributed by atoms with E-state index in [0.717, 1.165) is 36.5 Å². The van der Waals surface area contributed by atoms with Gasteiger partial charge in [0, 0.05) is 0 Å². The number of rotatable bonds is 5. The van der Waals surface area contributed by atoms with E-state index in [4.69, 9.17) is 4.55 Å². The minimum Gasteiger partial charge on any atom is -0.264 e. The van der Waals surface area contributed by atoms with Crippen molar-refractivity contribution in [2.24, 2.45) is 40.4 Å². The molecule has 0 amide bonds. The van der Waals surface area contributed by atoms with Gasteiger partial charge in [-0.05, 0) is 105 Å². The third-order valence-electron chi connectivity index (χ3n) is 9.71. The summed E-state index contributed by atoms with van der Waals surface area (Å²) in [5.41, 5.74) is 1.03. The van der Waals surface area contributed by atoms with Gasteiger partial charge in [0.15, 0.2) is 0 Å². The molecule has 7 unspecified atom stereocenters. The van der Waals surface area contributed by atoms with Crippen molar-refractivity contribution in [3.05, 3.63) is 0 Å². The van der Waals surface area contributed by atoms with E-state index in [0.29, 0.717) is 16.7 Å². The summed E-state index contributed by atoms with van der Waals surface area (Å²) in [7, 11) is -4.29.